The van der Waals surface area contributed by atoms with Gasteiger partial charge in [0.25, 0.3) is 0 Å². The molecule has 0 saturated carbocycles. The van der Waals surface area contributed by atoms with E-state index in [0.29, 0.717) is 76.3 Å². The van der Waals surface area contributed by atoms with Crippen molar-refractivity contribution in [1.29, 1.82) is 0 Å². The molecule has 0 aromatic carbocycles. The van der Waals surface area contributed by atoms with Crippen molar-refractivity contribution in [1.82, 2.24) is 18.7 Å². The maximum absolute atomic E-state index is 7.27. The van der Waals surface area contributed by atoms with Gasteiger partial charge < -0.3 is 41.5 Å². The summed E-state index contributed by atoms with van der Waals surface area (Å²) in [6.07, 6.45) is 2.05. The number of nitrogens with zero attached hydrogens (tertiary/aromatic N) is 6. The predicted molar refractivity (Wildman–Crippen MR) is 283 cm³/mol. The molecule has 0 amide bonds. The third kappa shape index (κ3) is 26.7. The molecule has 0 saturated heterocycles. The molecular formula is C42H94N10O4P2S4. The van der Waals surface area contributed by atoms with Crippen molar-refractivity contribution in [2.45, 2.75) is 196 Å². The third-order valence-electron chi connectivity index (χ3n) is 9.15. The number of rotatable bonds is 37. The Balaban J connectivity index is 6.03. The SMILES string of the molecule is CC(C)N(C(C)C)P(OCCOCC(C)(C)SSCCN=C(N)N)N(C(C)C)C(C)CCC(C)N(C(C)C)P(OC(C)(C)COCCSSCCN=C(N)N)N(C(C)C)C(C)C. The molecule has 4 atom stereocenters. The normalized spacial score (nSPS) is 15.1. The summed E-state index contributed by atoms with van der Waals surface area (Å²) in [5.41, 5.74) is 21.3. The Labute approximate surface area is 399 Å². The Morgan fingerprint density at radius 1 is 0.516 bits per heavy atom. The van der Waals surface area contributed by atoms with Crippen LogP contribution in [-0.2, 0) is 18.5 Å². The molecule has 0 radical (unpaired) electrons. The number of hydrogen-bond donors (Lipinski definition) is 4. The fourth-order valence-electron chi connectivity index (χ4n) is 6.87. The van der Waals surface area contributed by atoms with Gasteiger partial charge in [-0.3, -0.25) is 9.98 Å². The van der Waals surface area contributed by atoms with E-state index in [1.165, 1.54) is 0 Å². The van der Waals surface area contributed by atoms with Gasteiger partial charge in [-0.05, 0) is 137 Å². The van der Waals surface area contributed by atoms with Gasteiger partial charge >= 0.3 is 0 Å². The minimum atomic E-state index is -1.13. The minimum absolute atomic E-state index is 0.0547. The molecule has 0 fully saturated rings. The summed E-state index contributed by atoms with van der Waals surface area (Å²) < 4.78 is 37.1. The Morgan fingerprint density at radius 3 is 1.37 bits per heavy atom. The van der Waals surface area contributed by atoms with Crippen LogP contribution in [0.25, 0.3) is 0 Å². The van der Waals surface area contributed by atoms with Crippen molar-refractivity contribution < 1.29 is 18.5 Å². The molecule has 8 N–H and O–H groups in total. The van der Waals surface area contributed by atoms with Gasteiger partial charge in [0, 0.05) is 70.3 Å². The largest absolute Gasteiger partial charge is 0.378 e. The number of nitrogens with two attached hydrogens (primary N) is 4. The Bertz CT molecular complexity index is 1200. The third-order valence-corrected chi connectivity index (χ3v) is 21.0. The summed E-state index contributed by atoms with van der Waals surface area (Å²) in [5.74, 6) is 2.87. The molecular weight excluding hydrogens is 899 g/mol. The molecule has 0 aromatic rings. The van der Waals surface area contributed by atoms with Gasteiger partial charge in [-0.1, -0.05) is 43.2 Å². The zero-order valence-electron chi connectivity index (χ0n) is 42.3. The van der Waals surface area contributed by atoms with Gasteiger partial charge in [-0.25, -0.2) is 18.7 Å². The molecule has 0 aliphatic carbocycles. The first kappa shape index (κ1) is 62.5. The van der Waals surface area contributed by atoms with E-state index in [4.69, 9.17) is 41.5 Å². The van der Waals surface area contributed by atoms with Crippen LogP contribution in [0.5, 0.6) is 0 Å². The fourth-order valence-corrected chi connectivity index (χ4v) is 15.8. The average Bonchev–Trinajstić information content (AvgIpc) is 3.11. The van der Waals surface area contributed by atoms with Crippen molar-refractivity contribution in [2.75, 3.05) is 63.4 Å². The van der Waals surface area contributed by atoms with E-state index in [-0.39, 0.29) is 34.8 Å². The maximum Gasteiger partial charge on any atom is 0.189 e. The average molecular weight is 993 g/mol. The summed E-state index contributed by atoms with van der Waals surface area (Å²) >= 11 is 0. The number of ether oxygens (including phenoxy) is 2. The van der Waals surface area contributed by atoms with E-state index in [0.717, 1.165) is 30.1 Å². The van der Waals surface area contributed by atoms with Crippen LogP contribution in [0.4, 0.5) is 0 Å². The Morgan fingerprint density at radius 2 is 0.919 bits per heavy atom. The van der Waals surface area contributed by atoms with Crippen molar-refractivity contribution in [3.05, 3.63) is 0 Å². The maximum atomic E-state index is 7.27. The molecule has 62 heavy (non-hydrogen) atoms. The van der Waals surface area contributed by atoms with Gasteiger partial charge in [0.15, 0.2) is 28.8 Å². The van der Waals surface area contributed by atoms with Crippen LogP contribution < -0.4 is 22.9 Å². The van der Waals surface area contributed by atoms with E-state index >= 15 is 0 Å². The van der Waals surface area contributed by atoms with E-state index in [1.807, 2.05) is 10.8 Å². The van der Waals surface area contributed by atoms with Gasteiger partial charge in [-0.15, -0.1) is 0 Å². The molecule has 0 spiro atoms. The van der Waals surface area contributed by atoms with Crippen LogP contribution in [0.2, 0.25) is 0 Å². The molecule has 14 nitrogen and oxygen atoms in total. The smallest absolute Gasteiger partial charge is 0.189 e. The molecule has 0 aliphatic rings. The highest BCUT2D eigenvalue weighted by molar-refractivity contribution is 8.77. The summed E-state index contributed by atoms with van der Waals surface area (Å²) in [5, 5.41) is 0. The van der Waals surface area contributed by atoms with Gasteiger partial charge in [0.2, 0.25) is 0 Å². The van der Waals surface area contributed by atoms with Crippen LogP contribution in [0.15, 0.2) is 9.98 Å². The lowest BCUT2D eigenvalue weighted by atomic mass is 10.1. The highest BCUT2D eigenvalue weighted by Gasteiger charge is 2.41. The van der Waals surface area contributed by atoms with Gasteiger partial charge in [0.1, 0.15) is 0 Å². The Kier molecular flexibility index (Phi) is 33.3. The topological polar surface area (TPSA) is 179 Å². The lowest BCUT2D eigenvalue weighted by Gasteiger charge is -2.49. The molecule has 0 bridgehead atoms. The highest BCUT2D eigenvalue weighted by Crippen LogP contribution is 2.55. The quantitative estimate of drug-likeness (QED) is 0.0152. The minimum Gasteiger partial charge on any atom is -0.378 e. The van der Waals surface area contributed by atoms with Crippen molar-refractivity contribution in [2.24, 2.45) is 32.9 Å². The standard InChI is InChI=1S/C42H94N10O4P2S4/c1-31(2)49(32(3)4)57(55-24-23-53-30-42(17,18)62-61-27-22-48-40(45)46)51(35(9)10)37(13)19-20-38(14)52(36(11)12)58(50(33(5)6)34(7)8)56-41(15,16)29-54-25-28-60-59-26-21-47-39(43)44/h31-38H,19-30H2,1-18H3,(H4,43,44,47)(H4,45,46,48). The summed E-state index contributed by atoms with van der Waals surface area (Å²) in [6.45, 7) is 45.2. The molecule has 20 heteroatoms. The second-order valence-electron chi connectivity index (χ2n) is 18.6. The van der Waals surface area contributed by atoms with Crippen LogP contribution in [0.1, 0.15) is 137 Å². The van der Waals surface area contributed by atoms with E-state index in [2.05, 4.69) is 153 Å². The number of hydrogen-bond acceptors (Lipinski definition) is 14. The molecule has 370 valence electrons. The van der Waals surface area contributed by atoms with E-state index < -0.39 is 22.5 Å². The van der Waals surface area contributed by atoms with Crippen LogP contribution in [0.3, 0.4) is 0 Å². The molecule has 0 rings (SSSR count). The van der Waals surface area contributed by atoms with Gasteiger partial charge in [0.05, 0.1) is 51.7 Å². The van der Waals surface area contributed by atoms with Crippen molar-refractivity contribution in [3.63, 3.8) is 0 Å². The number of guanidine groups is 2. The summed E-state index contributed by atoms with van der Waals surface area (Å²) in [4.78, 5) is 8.13. The summed E-state index contributed by atoms with van der Waals surface area (Å²) in [6, 6.07) is 2.40. The van der Waals surface area contributed by atoms with Crippen LogP contribution in [0, 0.1) is 0 Å². The molecule has 0 aliphatic heterocycles. The van der Waals surface area contributed by atoms with Crippen LogP contribution in [-0.4, -0.2) is 153 Å². The highest BCUT2D eigenvalue weighted by atomic mass is 33.1. The molecule has 0 heterocycles. The van der Waals surface area contributed by atoms with Gasteiger partial charge in [-0.2, -0.15) is 0 Å². The second kappa shape index (κ2) is 33.1. The Hall–Kier alpha value is 0.480. The lowest BCUT2D eigenvalue weighted by molar-refractivity contribution is -0.00590. The summed E-state index contributed by atoms with van der Waals surface area (Å²) in [7, 11) is 4.92. The second-order valence-corrected chi connectivity index (χ2v) is 27.7. The lowest BCUT2D eigenvalue weighted by Crippen LogP contribution is -2.47. The van der Waals surface area contributed by atoms with Crippen molar-refractivity contribution in [3.8, 4) is 0 Å². The fraction of sp³-hybridized carbons (Fsp3) is 0.952. The zero-order chi connectivity index (χ0) is 47.8. The first-order valence-corrected chi connectivity index (χ1v) is 29.8. The van der Waals surface area contributed by atoms with Crippen molar-refractivity contribution >= 4 is 72.0 Å². The number of aliphatic imine (C=N–C) groups is 2. The van der Waals surface area contributed by atoms with E-state index in [1.54, 1.807) is 32.4 Å². The van der Waals surface area contributed by atoms with E-state index in [9.17, 15) is 0 Å². The van der Waals surface area contributed by atoms with Crippen LogP contribution >= 0.6 is 60.1 Å². The monoisotopic (exact) mass is 993 g/mol. The predicted octanol–water partition coefficient (Wildman–Crippen LogP) is 9.59. The zero-order valence-corrected chi connectivity index (χ0v) is 47.3. The first-order valence-electron chi connectivity index (χ1n) is 22.6. The first-order chi connectivity index (χ1) is 28.8. The molecule has 4 unspecified atom stereocenters. The molecule has 0 aromatic heterocycles.